The van der Waals surface area contributed by atoms with E-state index in [1.807, 2.05) is 12.1 Å². The molecule has 0 unspecified atom stereocenters. The first-order valence-electron chi connectivity index (χ1n) is 5.07. The van der Waals surface area contributed by atoms with Crippen molar-refractivity contribution in [2.75, 3.05) is 0 Å². The Morgan fingerprint density at radius 2 is 1.71 bits per heavy atom. The molecule has 0 radical (unpaired) electrons. The van der Waals surface area contributed by atoms with E-state index in [1.54, 1.807) is 24.3 Å². The van der Waals surface area contributed by atoms with Crippen molar-refractivity contribution in [2.24, 2.45) is 5.73 Å². The Labute approximate surface area is 102 Å². The number of amides is 1. The maximum absolute atomic E-state index is 11.1. The molecule has 0 aliphatic heterocycles. The smallest absolute Gasteiger partial charge is 0.248 e. The quantitative estimate of drug-likeness (QED) is 0.715. The molecule has 0 bridgehead atoms. The number of primary amides is 1. The maximum atomic E-state index is 11.1. The van der Waals surface area contributed by atoms with Gasteiger partial charge in [0.25, 0.3) is 0 Å². The number of carbonyl (C=O) groups is 1. The lowest BCUT2D eigenvalue weighted by molar-refractivity contribution is 0.100. The average Bonchev–Trinajstić information content (AvgIpc) is 2.66. The summed E-state index contributed by atoms with van der Waals surface area (Å²) in [6.45, 7) is 0. The first-order chi connectivity index (χ1) is 8.15. The molecule has 17 heavy (non-hydrogen) atoms. The summed E-state index contributed by atoms with van der Waals surface area (Å²) in [4.78, 5) is 11.1. The summed E-state index contributed by atoms with van der Waals surface area (Å²) < 4.78 is 5.63. The van der Waals surface area contributed by atoms with Crippen LogP contribution < -0.4 is 5.73 Å². The van der Waals surface area contributed by atoms with Crippen LogP contribution in [0.25, 0.3) is 21.9 Å². The third-order valence-corrected chi connectivity index (χ3v) is 2.95. The molecule has 3 nitrogen and oxygen atoms in total. The summed E-state index contributed by atoms with van der Waals surface area (Å²) in [6, 6.07) is 10.5. The van der Waals surface area contributed by atoms with Gasteiger partial charge in [0, 0.05) is 21.4 Å². The van der Waals surface area contributed by atoms with Crippen LogP contribution in [0.5, 0.6) is 0 Å². The zero-order valence-corrected chi connectivity index (χ0v) is 9.49. The van der Waals surface area contributed by atoms with Crippen LogP contribution in [-0.2, 0) is 0 Å². The van der Waals surface area contributed by atoms with E-state index in [0.717, 1.165) is 16.4 Å². The van der Waals surface area contributed by atoms with Gasteiger partial charge in [0.05, 0.1) is 0 Å². The SMILES string of the molecule is NC(=O)c1ccc2oc3ccc(Cl)cc3c2c1. The number of hydrogen-bond acceptors (Lipinski definition) is 2. The van der Waals surface area contributed by atoms with Gasteiger partial charge < -0.3 is 10.2 Å². The molecule has 84 valence electrons. The van der Waals surface area contributed by atoms with Gasteiger partial charge in [-0.2, -0.15) is 0 Å². The van der Waals surface area contributed by atoms with E-state index < -0.39 is 5.91 Å². The second-order valence-electron chi connectivity index (χ2n) is 3.82. The number of fused-ring (bicyclic) bond motifs is 3. The molecule has 0 aliphatic rings. The van der Waals surface area contributed by atoms with Crippen LogP contribution in [0.1, 0.15) is 10.4 Å². The Morgan fingerprint density at radius 3 is 2.41 bits per heavy atom. The fourth-order valence-corrected chi connectivity index (χ4v) is 2.07. The van der Waals surface area contributed by atoms with Gasteiger partial charge in [-0.15, -0.1) is 0 Å². The van der Waals surface area contributed by atoms with Crippen LogP contribution in [0.2, 0.25) is 5.02 Å². The van der Waals surface area contributed by atoms with Crippen LogP contribution in [0, 0.1) is 0 Å². The van der Waals surface area contributed by atoms with Crippen molar-refractivity contribution in [3.63, 3.8) is 0 Å². The van der Waals surface area contributed by atoms with Crippen LogP contribution in [0.15, 0.2) is 40.8 Å². The molecule has 0 aliphatic carbocycles. The number of benzene rings is 2. The molecule has 0 spiro atoms. The summed E-state index contributed by atoms with van der Waals surface area (Å²) in [6.07, 6.45) is 0. The van der Waals surface area contributed by atoms with Crippen molar-refractivity contribution in [3.8, 4) is 0 Å². The number of furan rings is 1. The van der Waals surface area contributed by atoms with Gasteiger partial charge >= 0.3 is 0 Å². The molecular formula is C13H8ClNO2. The second-order valence-corrected chi connectivity index (χ2v) is 4.25. The van der Waals surface area contributed by atoms with E-state index in [9.17, 15) is 4.79 Å². The Hall–Kier alpha value is -2.00. The van der Waals surface area contributed by atoms with E-state index in [-0.39, 0.29) is 0 Å². The summed E-state index contributed by atoms with van der Waals surface area (Å²) in [5.41, 5.74) is 7.17. The molecule has 1 heterocycles. The van der Waals surface area contributed by atoms with Gasteiger partial charge in [-0.3, -0.25) is 4.79 Å². The molecule has 0 saturated carbocycles. The van der Waals surface area contributed by atoms with Gasteiger partial charge in [0.1, 0.15) is 11.2 Å². The summed E-state index contributed by atoms with van der Waals surface area (Å²) in [7, 11) is 0. The van der Waals surface area contributed by atoms with Crippen molar-refractivity contribution in [1.29, 1.82) is 0 Å². The monoisotopic (exact) mass is 245 g/mol. The standard InChI is InChI=1S/C13H8ClNO2/c14-8-2-4-12-10(6-8)9-5-7(13(15)16)1-3-11(9)17-12/h1-6H,(H2,15,16). The molecule has 2 aromatic carbocycles. The van der Waals surface area contributed by atoms with Gasteiger partial charge in [-0.05, 0) is 36.4 Å². The molecule has 1 aromatic heterocycles. The average molecular weight is 246 g/mol. The van der Waals surface area contributed by atoms with Crippen LogP contribution in [0.4, 0.5) is 0 Å². The van der Waals surface area contributed by atoms with Crippen molar-refractivity contribution in [1.82, 2.24) is 0 Å². The minimum absolute atomic E-state index is 0.455. The molecule has 0 saturated heterocycles. The third-order valence-electron chi connectivity index (χ3n) is 2.72. The second kappa shape index (κ2) is 3.50. The first kappa shape index (κ1) is 10.2. The van der Waals surface area contributed by atoms with Gasteiger partial charge in [-0.25, -0.2) is 0 Å². The zero-order chi connectivity index (χ0) is 12.0. The van der Waals surface area contributed by atoms with Gasteiger partial charge in [0.15, 0.2) is 0 Å². The number of nitrogens with two attached hydrogens (primary N) is 1. The predicted octanol–water partition coefficient (Wildman–Crippen LogP) is 3.34. The highest BCUT2D eigenvalue weighted by Gasteiger charge is 2.09. The Kier molecular flexibility index (Phi) is 2.09. The van der Waals surface area contributed by atoms with Crippen LogP contribution in [0.3, 0.4) is 0 Å². The minimum Gasteiger partial charge on any atom is -0.456 e. The lowest BCUT2D eigenvalue weighted by atomic mass is 10.1. The molecule has 1 amide bonds. The van der Waals surface area contributed by atoms with Crippen molar-refractivity contribution in [2.45, 2.75) is 0 Å². The van der Waals surface area contributed by atoms with Crippen LogP contribution >= 0.6 is 11.6 Å². The van der Waals surface area contributed by atoms with Crippen molar-refractivity contribution < 1.29 is 9.21 Å². The van der Waals surface area contributed by atoms with Gasteiger partial charge in [-0.1, -0.05) is 11.6 Å². The lowest BCUT2D eigenvalue weighted by Gasteiger charge is -1.94. The molecular weight excluding hydrogens is 238 g/mol. The molecule has 0 atom stereocenters. The highest BCUT2D eigenvalue weighted by Crippen LogP contribution is 2.31. The fourth-order valence-electron chi connectivity index (χ4n) is 1.90. The van der Waals surface area contributed by atoms with E-state index in [0.29, 0.717) is 16.2 Å². The number of carbonyl (C=O) groups excluding carboxylic acids is 1. The number of hydrogen-bond donors (Lipinski definition) is 1. The number of halogens is 1. The minimum atomic E-state index is -0.455. The highest BCUT2D eigenvalue weighted by molar-refractivity contribution is 6.31. The Bertz CT molecular complexity index is 746. The largest absolute Gasteiger partial charge is 0.456 e. The Balaban J connectivity index is 2.43. The van der Waals surface area contributed by atoms with Crippen molar-refractivity contribution >= 4 is 39.4 Å². The van der Waals surface area contributed by atoms with E-state index in [2.05, 4.69) is 0 Å². The zero-order valence-electron chi connectivity index (χ0n) is 8.74. The van der Waals surface area contributed by atoms with E-state index in [1.165, 1.54) is 0 Å². The third kappa shape index (κ3) is 1.56. The number of rotatable bonds is 1. The molecule has 0 fully saturated rings. The summed E-state index contributed by atoms with van der Waals surface area (Å²) in [5.74, 6) is -0.455. The van der Waals surface area contributed by atoms with E-state index >= 15 is 0 Å². The summed E-state index contributed by atoms with van der Waals surface area (Å²) >= 11 is 5.95. The highest BCUT2D eigenvalue weighted by atomic mass is 35.5. The van der Waals surface area contributed by atoms with Crippen molar-refractivity contribution in [3.05, 3.63) is 47.0 Å². The Morgan fingerprint density at radius 1 is 1.06 bits per heavy atom. The van der Waals surface area contributed by atoms with Crippen LogP contribution in [-0.4, -0.2) is 5.91 Å². The first-order valence-corrected chi connectivity index (χ1v) is 5.44. The fraction of sp³-hybridized carbons (Fsp3) is 0. The van der Waals surface area contributed by atoms with Gasteiger partial charge in [0.2, 0.25) is 5.91 Å². The summed E-state index contributed by atoms with van der Waals surface area (Å²) in [5, 5.41) is 2.36. The molecule has 3 aromatic rings. The predicted molar refractivity (Wildman–Crippen MR) is 67.2 cm³/mol. The lowest BCUT2D eigenvalue weighted by Crippen LogP contribution is -2.10. The molecule has 4 heteroatoms. The molecule has 2 N–H and O–H groups in total. The normalized spacial score (nSPS) is 11.1. The van der Waals surface area contributed by atoms with E-state index in [4.69, 9.17) is 21.8 Å². The topological polar surface area (TPSA) is 56.2 Å². The maximum Gasteiger partial charge on any atom is 0.248 e. The molecule has 3 rings (SSSR count).